The van der Waals surface area contributed by atoms with E-state index in [9.17, 15) is 13.6 Å². The Morgan fingerprint density at radius 2 is 1.79 bits per heavy atom. The fourth-order valence-electron chi connectivity index (χ4n) is 1.69. The minimum atomic E-state index is -1.15. The first-order valence-corrected chi connectivity index (χ1v) is 6.25. The summed E-state index contributed by atoms with van der Waals surface area (Å²) in [5, 5.41) is 0. The minimum absolute atomic E-state index is 0.136. The summed E-state index contributed by atoms with van der Waals surface area (Å²) >= 11 is 3.21. The topological polar surface area (TPSA) is 43.1 Å². The first-order valence-electron chi connectivity index (χ1n) is 5.46. The average Bonchev–Trinajstić information content (AvgIpc) is 2.38. The van der Waals surface area contributed by atoms with Gasteiger partial charge in [-0.05, 0) is 36.8 Å². The van der Waals surface area contributed by atoms with E-state index in [1.165, 1.54) is 31.2 Å². The number of nitrogens with two attached hydrogens (primary N) is 1. The number of hydrogen-bond donors (Lipinski definition) is 1. The molecular weight excluding hydrogens is 316 g/mol. The number of hydrogen-bond acceptors (Lipinski definition) is 2. The van der Waals surface area contributed by atoms with Gasteiger partial charge < -0.3 is 5.73 Å². The van der Waals surface area contributed by atoms with Gasteiger partial charge in [0.15, 0.2) is 17.4 Å². The Morgan fingerprint density at radius 1 is 1.11 bits per heavy atom. The molecule has 0 saturated heterocycles. The Labute approximate surface area is 117 Å². The van der Waals surface area contributed by atoms with Gasteiger partial charge in [-0.2, -0.15) is 0 Å². The highest BCUT2D eigenvalue weighted by Crippen LogP contribution is 2.24. The number of rotatable bonds is 2. The van der Waals surface area contributed by atoms with Crippen LogP contribution >= 0.6 is 15.9 Å². The van der Waals surface area contributed by atoms with Crippen LogP contribution in [0.3, 0.4) is 0 Å². The molecule has 19 heavy (non-hydrogen) atoms. The van der Waals surface area contributed by atoms with Gasteiger partial charge in [-0.25, -0.2) is 8.78 Å². The van der Waals surface area contributed by atoms with Crippen LogP contribution in [0.2, 0.25) is 0 Å². The molecule has 0 aromatic heterocycles. The van der Waals surface area contributed by atoms with E-state index < -0.39 is 17.4 Å². The van der Waals surface area contributed by atoms with Crippen molar-refractivity contribution in [1.29, 1.82) is 0 Å². The van der Waals surface area contributed by atoms with Crippen LogP contribution in [0, 0.1) is 18.6 Å². The molecule has 2 nitrogen and oxygen atoms in total. The molecule has 98 valence electrons. The maximum Gasteiger partial charge on any atom is 0.198 e. The van der Waals surface area contributed by atoms with Crippen molar-refractivity contribution in [3.63, 3.8) is 0 Å². The summed E-state index contributed by atoms with van der Waals surface area (Å²) in [7, 11) is 0. The van der Waals surface area contributed by atoms with Crippen LogP contribution in [0.4, 0.5) is 14.5 Å². The lowest BCUT2D eigenvalue weighted by Gasteiger charge is -2.08. The molecule has 2 rings (SSSR count). The molecule has 0 fully saturated rings. The third-order valence-corrected chi connectivity index (χ3v) is 3.27. The zero-order valence-electron chi connectivity index (χ0n) is 10.0. The second kappa shape index (κ2) is 5.09. The Hall–Kier alpha value is -1.75. The van der Waals surface area contributed by atoms with Crippen molar-refractivity contribution in [3.8, 4) is 0 Å². The maximum absolute atomic E-state index is 13.8. The van der Waals surface area contributed by atoms with Gasteiger partial charge in [0.1, 0.15) is 0 Å². The molecule has 0 amide bonds. The van der Waals surface area contributed by atoms with E-state index in [0.717, 1.165) is 0 Å². The number of carbonyl (C=O) groups is 1. The Balaban J connectivity index is 2.56. The molecule has 0 atom stereocenters. The molecule has 5 heteroatoms. The summed E-state index contributed by atoms with van der Waals surface area (Å²) in [4.78, 5) is 12.2. The first kappa shape index (κ1) is 13.7. The molecule has 0 unspecified atom stereocenters. The number of halogens is 3. The average molecular weight is 326 g/mol. The van der Waals surface area contributed by atoms with E-state index in [1.807, 2.05) is 0 Å². The first-order chi connectivity index (χ1) is 8.91. The highest BCUT2D eigenvalue weighted by Gasteiger charge is 2.20. The molecule has 0 aliphatic rings. The van der Waals surface area contributed by atoms with E-state index >= 15 is 0 Å². The fourth-order valence-corrected chi connectivity index (χ4v) is 2.05. The zero-order chi connectivity index (χ0) is 14.2. The third kappa shape index (κ3) is 2.51. The number of aryl methyl sites for hydroxylation is 1. The number of anilines is 1. The van der Waals surface area contributed by atoms with Crippen LogP contribution in [-0.2, 0) is 0 Å². The molecule has 0 heterocycles. The van der Waals surface area contributed by atoms with E-state index in [-0.39, 0.29) is 22.4 Å². The van der Waals surface area contributed by atoms with Crippen molar-refractivity contribution >= 4 is 27.4 Å². The number of ketones is 1. The highest BCUT2D eigenvalue weighted by atomic mass is 79.9. The lowest BCUT2D eigenvalue weighted by molar-refractivity contribution is 0.103. The van der Waals surface area contributed by atoms with Crippen molar-refractivity contribution in [2.75, 3.05) is 5.73 Å². The van der Waals surface area contributed by atoms with Crippen LogP contribution in [0.1, 0.15) is 21.5 Å². The minimum Gasteiger partial charge on any atom is -0.398 e. The Kier molecular flexibility index (Phi) is 3.66. The SMILES string of the molecule is Cc1ccc(C(=O)c2cc(Br)ccc2N)c(F)c1F. The smallest absolute Gasteiger partial charge is 0.198 e. The summed E-state index contributed by atoms with van der Waals surface area (Å²) in [6.07, 6.45) is 0. The summed E-state index contributed by atoms with van der Waals surface area (Å²) in [5.41, 5.74) is 5.86. The summed E-state index contributed by atoms with van der Waals surface area (Å²) < 4.78 is 27.9. The normalized spacial score (nSPS) is 10.5. The van der Waals surface area contributed by atoms with Gasteiger partial charge in [-0.15, -0.1) is 0 Å². The van der Waals surface area contributed by atoms with E-state index in [2.05, 4.69) is 15.9 Å². The van der Waals surface area contributed by atoms with E-state index in [1.54, 1.807) is 6.07 Å². The number of benzene rings is 2. The number of carbonyl (C=O) groups excluding carboxylic acids is 1. The molecule has 0 aliphatic carbocycles. The van der Waals surface area contributed by atoms with Gasteiger partial charge in [0.25, 0.3) is 0 Å². The zero-order valence-corrected chi connectivity index (χ0v) is 11.6. The molecule has 0 radical (unpaired) electrons. The largest absolute Gasteiger partial charge is 0.398 e. The van der Waals surface area contributed by atoms with Crippen molar-refractivity contribution in [1.82, 2.24) is 0 Å². The maximum atomic E-state index is 13.8. The molecule has 0 spiro atoms. The molecule has 0 aliphatic heterocycles. The van der Waals surface area contributed by atoms with Gasteiger partial charge in [0.2, 0.25) is 0 Å². The van der Waals surface area contributed by atoms with Crippen LogP contribution in [0.5, 0.6) is 0 Å². The molecule has 0 saturated carbocycles. The van der Waals surface area contributed by atoms with Gasteiger partial charge in [-0.1, -0.05) is 22.0 Å². The lowest BCUT2D eigenvalue weighted by Crippen LogP contribution is -2.09. The standard InChI is InChI=1S/C14H10BrF2NO/c1-7-2-4-9(13(17)12(7)16)14(19)10-6-8(15)3-5-11(10)18/h2-6H,18H2,1H3. The van der Waals surface area contributed by atoms with E-state index in [0.29, 0.717) is 4.47 Å². The Bertz CT molecular complexity index is 671. The second-order valence-corrected chi connectivity index (χ2v) is 5.03. The van der Waals surface area contributed by atoms with Gasteiger partial charge in [0, 0.05) is 15.7 Å². The van der Waals surface area contributed by atoms with Crippen molar-refractivity contribution in [3.05, 3.63) is 63.1 Å². The van der Waals surface area contributed by atoms with Gasteiger partial charge >= 0.3 is 0 Å². The van der Waals surface area contributed by atoms with Crippen LogP contribution in [-0.4, -0.2) is 5.78 Å². The third-order valence-electron chi connectivity index (χ3n) is 2.78. The second-order valence-electron chi connectivity index (χ2n) is 4.12. The lowest BCUT2D eigenvalue weighted by atomic mass is 10.00. The van der Waals surface area contributed by atoms with E-state index in [4.69, 9.17) is 5.73 Å². The summed E-state index contributed by atoms with van der Waals surface area (Å²) in [6, 6.07) is 7.29. The van der Waals surface area contributed by atoms with Crippen molar-refractivity contribution < 1.29 is 13.6 Å². The van der Waals surface area contributed by atoms with Crippen LogP contribution in [0.15, 0.2) is 34.8 Å². The number of nitrogen functional groups attached to an aromatic ring is 1. The molecule has 2 N–H and O–H groups in total. The molecule has 2 aromatic rings. The predicted molar refractivity (Wildman–Crippen MR) is 73.1 cm³/mol. The predicted octanol–water partition coefficient (Wildman–Crippen LogP) is 3.85. The van der Waals surface area contributed by atoms with Crippen LogP contribution in [0.25, 0.3) is 0 Å². The summed E-state index contributed by atoms with van der Waals surface area (Å²) in [6.45, 7) is 1.43. The highest BCUT2D eigenvalue weighted by molar-refractivity contribution is 9.10. The van der Waals surface area contributed by atoms with Crippen LogP contribution < -0.4 is 5.73 Å². The quantitative estimate of drug-likeness (QED) is 0.673. The Morgan fingerprint density at radius 3 is 2.47 bits per heavy atom. The van der Waals surface area contributed by atoms with Gasteiger partial charge in [0.05, 0.1) is 5.56 Å². The monoisotopic (exact) mass is 325 g/mol. The van der Waals surface area contributed by atoms with Gasteiger partial charge in [-0.3, -0.25) is 4.79 Å². The fraction of sp³-hybridized carbons (Fsp3) is 0.0714. The van der Waals surface area contributed by atoms with Crippen molar-refractivity contribution in [2.45, 2.75) is 6.92 Å². The summed E-state index contributed by atoms with van der Waals surface area (Å²) in [5.74, 6) is -2.81. The molecular formula is C14H10BrF2NO. The molecule has 2 aromatic carbocycles. The molecule has 0 bridgehead atoms. The van der Waals surface area contributed by atoms with Crippen molar-refractivity contribution in [2.24, 2.45) is 0 Å².